The van der Waals surface area contributed by atoms with Crippen molar-refractivity contribution < 1.29 is 19.0 Å². The highest BCUT2D eigenvalue weighted by molar-refractivity contribution is 5.95. The number of nitrogens with zero attached hydrogens (tertiary/aromatic N) is 2. The largest absolute Gasteiger partial charge is 0.497 e. The topological polar surface area (TPSA) is 92.9 Å². The first-order valence-corrected chi connectivity index (χ1v) is 7.33. The molecule has 25 heavy (non-hydrogen) atoms. The van der Waals surface area contributed by atoms with Crippen LogP contribution in [-0.2, 0) is 0 Å². The van der Waals surface area contributed by atoms with Crippen LogP contribution in [0.25, 0.3) is 0 Å². The quantitative estimate of drug-likeness (QED) is 0.617. The van der Waals surface area contributed by atoms with Crippen LogP contribution in [0.15, 0.2) is 47.6 Å². The van der Waals surface area contributed by atoms with Gasteiger partial charge in [0.2, 0.25) is 0 Å². The third-order valence-electron chi connectivity index (χ3n) is 3.19. The fourth-order valence-corrected chi connectivity index (χ4v) is 1.99. The average molecular weight is 339 g/mol. The summed E-state index contributed by atoms with van der Waals surface area (Å²) in [7, 11) is 3.01. The molecule has 2 rings (SSSR count). The van der Waals surface area contributed by atoms with Crippen LogP contribution in [0.3, 0.4) is 0 Å². The number of para-hydroxylation sites is 1. The summed E-state index contributed by atoms with van der Waals surface area (Å²) < 4.78 is 15.6. The first kappa shape index (κ1) is 17.8. The molecule has 7 heteroatoms. The van der Waals surface area contributed by atoms with E-state index >= 15 is 0 Å². The van der Waals surface area contributed by atoms with Gasteiger partial charge in [-0.3, -0.25) is 4.79 Å². The predicted octanol–water partition coefficient (Wildman–Crippen LogP) is 2.37. The van der Waals surface area contributed by atoms with Gasteiger partial charge in [-0.05, 0) is 24.3 Å². The molecule has 1 N–H and O–H groups in total. The molecule has 128 valence electrons. The molecule has 0 aliphatic rings. The highest BCUT2D eigenvalue weighted by Crippen LogP contribution is 2.22. The lowest BCUT2D eigenvalue weighted by Gasteiger charge is -2.07. The molecule has 0 saturated heterocycles. The van der Waals surface area contributed by atoms with Gasteiger partial charge in [0.1, 0.15) is 23.3 Å². The van der Waals surface area contributed by atoms with Crippen LogP contribution >= 0.6 is 0 Å². The number of ether oxygens (including phenoxy) is 3. The molecule has 0 unspecified atom stereocenters. The van der Waals surface area contributed by atoms with Crippen molar-refractivity contribution in [2.75, 3.05) is 20.8 Å². The fourth-order valence-electron chi connectivity index (χ4n) is 1.99. The first-order chi connectivity index (χ1) is 12.2. The van der Waals surface area contributed by atoms with E-state index in [1.807, 2.05) is 6.07 Å². The fraction of sp³-hybridized carbons (Fsp3) is 0.167. The van der Waals surface area contributed by atoms with E-state index in [-0.39, 0.29) is 6.61 Å². The maximum atomic E-state index is 12.2. The van der Waals surface area contributed by atoms with E-state index < -0.39 is 5.91 Å². The second-order valence-electron chi connectivity index (χ2n) is 4.79. The molecule has 0 radical (unpaired) electrons. The molecule has 0 heterocycles. The molecule has 0 spiro atoms. The third kappa shape index (κ3) is 4.97. The summed E-state index contributed by atoms with van der Waals surface area (Å²) in [6, 6.07) is 13.8. The number of nitriles is 1. The molecule has 0 bridgehead atoms. The smallest absolute Gasteiger partial charge is 0.271 e. The monoisotopic (exact) mass is 339 g/mol. The Morgan fingerprint density at radius 2 is 1.88 bits per heavy atom. The molecule has 0 saturated carbocycles. The van der Waals surface area contributed by atoms with Gasteiger partial charge < -0.3 is 14.2 Å². The second-order valence-corrected chi connectivity index (χ2v) is 4.79. The highest BCUT2D eigenvalue weighted by Gasteiger charge is 2.09. The van der Waals surface area contributed by atoms with Gasteiger partial charge >= 0.3 is 0 Å². The van der Waals surface area contributed by atoms with Gasteiger partial charge in [0.15, 0.2) is 6.61 Å². The van der Waals surface area contributed by atoms with Crippen LogP contribution in [0, 0.1) is 11.3 Å². The highest BCUT2D eigenvalue weighted by atomic mass is 16.5. The molecular formula is C18H17N3O4. The number of carbonyl (C=O) groups excluding carboxylic acids is 1. The van der Waals surface area contributed by atoms with Crippen molar-refractivity contribution in [3.8, 4) is 23.3 Å². The van der Waals surface area contributed by atoms with Crippen LogP contribution in [0.2, 0.25) is 0 Å². The Hall–Kier alpha value is -3.53. The van der Waals surface area contributed by atoms with Gasteiger partial charge in [0.25, 0.3) is 5.91 Å². The Balaban J connectivity index is 2.10. The van der Waals surface area contributed by atoms with E-state index in [1.165, 1.54) is 20.4 Å². The van der Waals surface area contributed by atoms with Crippen molar-refractivity contribution in [3.05, 3.63) is 53.6 Å². The van der Waals surface area contributed by atoms with E-state index in [1.54, 1.807) is 42.5 Å². The van der Waals surface area contributed by atoms with Gasteiger partial charge in [-0.2, -0.15) is 10.4 Å². The molecule has 0 aliphatic heterocycles. The summed E-state index contributed by atoms with van der Waals surface area (Å²) >= 11 is 0. The molecule has 1 amide bonds. The number of amides is 1. The van der Waals surface area contributed by atoms with E-state index in [9.17, 15) is 4.79 Å². The summed E-state index contributed by atoms with van der Waals surface area (Å²) in [5.74, 6) is 1.10. The van der Waals surface area contributed by atoms with Crippen LogP contribution < -0.4 is 19.6 Å². The summed E-state index contributed by atoms with van der Waals surface area (Å²) in [6.07, 6.45) is 1.45. The minimum absolute atomic E-state index is 0.0686. The number of rotatable bonds is 7. The van der Waals surface area contributed by atoms with Gasteiger partial charge in [-0.1, -0.05) is 12.1 Å². The summed E-state index contributed by atoms with van der Waals surface area (Å²) in [5, 5.41) is 12.5. The maximum Gasteiger partial charge on any atom is 0.271 e. The Morgan fingerprint density at radius 1 is 1.20 bits per heavy atom. The number of carbonyl (C=O) groups is 1. The lowest BCUT2D eigenvalue weighted by molar-refractivity contribution is 0.0954. The molecular weight excluding hydrogens is 322 g/mol. The molecule has 0 aromatic heterocycles. The standard InChI is InChI=1S/C18H17N3O4/c1-23-15-9-14(10-16(11-15)24-2)18(22)21-20-12-13-5-3-4-6-17(13)25-8-7-19/h3-6,9-12H,8H2,1-2H3,(H,21,22). The zero-order valence-electron chi connectivity index (χ0n) is 13.9. The predicted molar refractivity (Wildman–Crippen MR) is 92.2 cm³/mol. The molecule has 0 atom stereocenters. The Morgan fingerprint density at radius 3 is 2.52 bits per heavy atom. The minimum atomic E-state index is -0.413. The summed E-state index contributed by atoms with van der Waals surface area (Å²) in [4.78, 5) is 12.2. The van der Waals surface area contributed by atoms with E-state index in [0.29, 0.717) is 28.4 Å². The van der Waals surface area contributed by atoms with Crippen LogP contribution in [0.4, 0.5) is 0 Å². The van der Waals surface area contributed by atoms with Crippen molar-refractivity contribution in [2.24, 2.45) is 5.10 Å². The minimum Gasteiger partial charge on any atom is -0.497 e. The van der Waals surface area contributed by atoms with Crippen LogP contribution in [-0.4, -0.2) is 32.9 Å². The summed E-state index contributed by atoms with van der Waals surface area (Å²) in [6.45, 7) is -0.0686. The SMILES string of the molecule is COc1cc(OC)cc(C(=O)NN=Cc2ccccc2OCC#N)c1. The van der Waals surface area contributed by atoms with E-state index in [2.05, 4.69) is 10.5 Å². The molecule has 7 nitrogen and oxygen atoms in total. The van der Waals surface area contributed by atoms with Crippen molar-refractivity contribution in [1.29, 1.82) is 5.26 Å². The third-order valence-corrected chi connectivity index (χ3v) is 3.19. The number of nitrogens with one attached hydrogen (secondary N) is 1. The van der Waals surface area contributed by atoms with Crippen LogP contribution in [0.1, 0.15) is 15.9 Å². The number of hydrogen-bond acceptors (Lipinski definition) is 6. The Kier molecular flexibility index (Phi) is 6.37. The number of benzene rings is 2. The average Bonchev–Trinajstić information content (AvgIpc) is 2.66. The second kappa shape index (κ2) is 8.93. The van der Waals surface area contributed by atoms with Gasteiger partial charge in [-0.25, -0.2) is 5.43 Å². The maximum absolute atomic E-state index is 12.2. The normalized spacial score (nSPS) is 10.1. The Labute approximate surface area is 145 Å². The lowest BCUT2D eigenvalue weighted by atomic mass is 10.2. The van der Waals surface area contributed by atoms with Gasteiger partial charge in [-0.15, -0.1) is 0 Å². The van der Waals surface area contributed by atoms with Crippen molar-refractivity contribution >= 4 is 12.1 Å². The van der Waals surface area contributed by atoms with E-state index in [0.717, 1.165) is 0 Å². The number of hydrazone groups is 1. The molecule has 2 aromatic rings. The van der Waals surface area contributed by atoms with Crippen molar-refractivity contribution in [2.45, 2.75) is 0 Å². The summed E-state index contributed by atoms with van der Waals surface area (Å²) in [5.41, 5.74) is 3.42. The zero-order chi connectivity index (χ0) is 18.1. The van der Waals surface area contributed by atoms with Gasteiger partial charge in [0.05, 0.1) is 20.4 Å². The first-order valence-electron chi connectivity index (χ1n) is 7.33. The number of hydrogen-bond donors (Lipinski definition) is 1. The zero-order valence-corrected chi connectivity index (χ0v) is 13.9. The van der Waals surface area contributed by atoms with E-state index in [4.69, 9.17) is 19.5 Å². The van der Waals surface area contributed by atoms with Crippen LogP contribution in [0.5, 0.6) is 17.2 Å². The van der Waals surface area contributed by atoms with Crippen molar-refractivity contribution in [3.63, 3.8) is 0 Å². The number of methoxy groups -OCH3 is 2. The molecule has 0 fully saturated rings. The molecule has 0 aliphatic carbocycles. The van der Waals surface area contributed by atoms with Crippen molar-refractivity contribution in [1.82, 2.24) is 5.43 Å². The lowest BCUT2D eigenvalue weighted by Crippen LogP contribution is -2.17. The molecule has 2 aromatic carbocycles. The Bertz CT molecular complexity index is 790. The van der Waals surface area contributed by atoms with Gasteiger partial charge in [0, 0.05) is 17.2 Å².